The van der Waals surface area contributed by atoms with E-state index in [0.29, 0.717) is 24.8 Å². The lowest BCUT2D eigenvalue weighted by Crippen LogP contribution is -2.08. The average molecular weight is 945 g/mol. The highest BCUT2D eigenvalue weighted by atomic mass is 16.5. The minimum atomic E-state index is -0.903. The highest BCUT2D eigenvalue weighted by molar-refractivity contribution is 5.88. The number of hydrogen-bond acceptors (Lipinski definition) is 4. The summed E-state index contributed by atoms with van der Waals surface area (Å²) in [4.78, 5) is 12.7. The van der Waals surface area contributed by atoms with Crippen LogP contribution in [-0.2, 0) is 19.3 Å². The summed E-state index contributed by atoms with van der Waals surface area (Å²) in [5.41, 5.74) is 7.04. The standard InChI is InChI=1S/C64H96O5/c1-4-7-10-13-16-19-22-25-28-31-46-67-60-40-34-54(35-41-60)49-57-52-59(64(65)66)53-58(50-55-36-42-61(43-37-55)68-47-32-29-26-23-20-17-14-11-8-5-2)63(57)51-56-38-44-62(45-39-56)69-48-33-30-27-24-21-18-15-12-9-6-3/h34-45,52-53H,4-33,46-51H2,1-3H3,(H,65,66). The number of unbranched alkanes of at least 4 members (excludes halogenated alkanes) is 27. The van der Waals surface area contributed by atoms with Crippen molar-refractivity contribution < 1.29 is 24.1 Å². The predicted molar refractivity (Wildman–Crippen MR) is 293 cm³/mol. The van der Waals surface area contributed by atoms with Crippen LogP contribution in [0.4, 0.5) is 0 Å². The Morgan fingerprint density at radius 3 is 0.855 bits per heavy atom. The maximum Gasteiger partial charge on any atom is 0.335 e. The van der Waals surface area contributed by atoms with Crippen LogP contribution >= 0.6 is 0 Å². The molecule has 5 heteroatoms. The first-order valence-corrected chi connectivity index (χ1v) is 28.5. The number of carboxylic acid groups (broad SMARTS) is 1. The normalized spacial score (nSPS) is 11.3. The third-order valence-corrected chi connectivity index (χ3v) is 13.9. The predicted octanol–water partition coefficient (Wildman–Crippen LogP) is 19.1. The molecule has 4 rings (SSSR count). The van der Waals surface area contributed by atoms with Crippen LogP contribution in [0.1, 0.15) is 257 Å². The van der Waals surface area contributed by atoms with Gasteiger partial charge in [0.1, 0.15) is 17.2 Å². The first kappa shape index (κ1) is 57.3. The van der Waals surface area contributed by atoms with E-state index in [1.54, 1.807) is 0 Å². The van der Waals surface area contributed by atoms with Crippen molar-refractivity contribution in [2.45, 2.75) is 233 Å². The van der Waals surface area contributed by atoms with E-state index in [1.807, 2.05) is 12.1 Å². The molecule has 0 bridgehead atoms. The Morgan fingerprint density at radius 1 is 0.348 bits per heavy atom. The lowest BCUT2D eigenvalue weighted by molar-refractivity contribution is 0.0696. The number of aromatic carboxylic acids is 1. The van der Waals surface area contributed by atoms with Gasteiger partial charge in [-0.05, 0) is 120 Å². The molecule has 1 N–H and O–H groups in total. The minimum absolute atomic E-state index is 0.326. The van der Waals surface area contributed by atoms with E-state index in [2.05, 4.69) is 93.6 Å². The second-order valence-electron chi connectivity index (χ2n) is 20.1. The van der Waals surface area contributed by atoms with E-state index in [0.717, 1.165) is 78.6 Å². The lowest BCUT2D eigenvalue weighted by atomic mass is 9.87. The second kappa shape index (κ2) is 37.6. The molecule has 0 spiro atoms. The van der Waals surface area contributed by atoms with Gasteiger partial charge in [0.15, 0.2) is 0 Å². The van der Waals surface area contributed by atoms with Gasteiger partial charge in [0.05, 0.1) is 25.4 Å². The Kier molecular flexibility index (Phi) is 31.2. The van der Waals surface area contributed by atoms with Gasteiger partial charge < -0.3 is 19.3 Å². The summed E-state index contributed by atoms with van der Waals surface area (Å²) >= 11 is 0. The van der Waals surface area contributed by atoms with E-state index in [4.69, 9.17) is 14.2 Å². The van der Waals surface area contributed by atoms with Crippen molar-refractivity contribution in [1.82, 2.24) is 0 Å². The van der Waals surface area contributed by atoms with E-state index in [9.17, 15) is 9.90 Å². The highest BCUT2D eigenvalue weighted by Gasteiger charge is 2.17. The van der Waals surface area contributed by atoms with E-state index >= 15 is 0 Å². The monoisotopic (exact) mass is 945 g/mol. The molecule has 382 valence electrons. The third-order valence-electron chi connectivity index (χ3n) is 13.9. The maximum atomic E-state index is 12.7. The number of carbonyl (C=O) groups is 1. The molecule has 0 radical (unpaired) electrons. The topological polar surface area (TPSA) is 65.0 Å². The lowest BCUT2D eigenvalue weighted by Gasteiger charge is -2.18. The van der Waals surface area contributed by atoms with Crippen LogP contribution in [0.25, 0.3) is 0 Å². The molecule has 0 saturated carbocycles. The molecule has 0 unspecified atom stereocenters. The van der Waals surface area contributed by atoms with Crippen LogP contribution in [0, 0.1) is 0 Å². The molecule has 0 atom stereocenters. The smallest absolute Gasteiger partial charge is 0.335 e. The van der Waals surface area contributed by atoms with Crippen LogP contribution < -0.4 is 14.2 Å². The Morgan fingerprint density at radius 2 is 0.594 bits per heavy atom. The molecular weight excluding hydrogens is 849 g/mol. The van der Waals surface area contributed by atoms with E-state index in [1.165, 1.54) is 184 Å². The van der Waals surface area contributed by atoms with Gasteiger partial charge >= 0.3 is 5.97 Å². The quantitative estimate of drug-likeness (QED) is 0.0448. The molecule has 5 nitrogen and oxygen atoms in total. The Bertz CT molecular complexity index is 1770. The van der Waals surface area contributed by atoms with Crippen molar-refractivity contribution in [3.63, 3.8) is 0 Å². The molecular formula is C64H96O5. The summed E-state index contributed by atoms with van der Waals surface area (Å²) < 4.78 is 18.5. The van der Waals surface area contributed by atoms with Gasteiger partial charge in [-0.1, -0.05) is 231 Å². The van der Waals surface area contributed by atoms with Crippen molar-refractivity contribution >= 4 is 5.97 Å². The SMILES string of the molecule is CCCCCCCCCCCCOc1ccc(Cc2cc(C(=O)O)cc(Cc3ccc(OCCCCCCCCCCCC)cc3)c2Cc2ccc(OCCCCCCCCCCCC)cc2)cc1. The molecule has 0 aliphatic rings. The number of hydrogen-bond donors (Lipinski definition) is 1. The fourth-order valence-corrected chi connectivity index (χ4v) is 9.56. The van der Waals surface area contributed by atoms with Crippen LogP contribution in [0.15, 0.2) is 84.9 Å². The van der Waals surface area contributed by atoms with Crippen molar-refractivity contribution in [2.75, 3.05) is 19.8 Å². The Balaban J connectivity index is 1.37. The Hall–Kier alpha value is -4.25. The first-order valence-electron chi connectivity index (χ1n) is 28.5. The Labute approximate surface area is 421 Å². The first-order chi connectivity index (χ1) is 34.0. The van der Waals surface area contributed by atoms with Crippen LogP contribution in [0.3, 0.4) is 0 Å². The zero-order chi connectivity index (χ0) is 48.8. The summed E-state index contributed by atoms with van der Waals surface area (Å²) in [6.07, 6.45) is 41.2. The fraction of sp³-hybridized carbons (Fsp3) is 0.609. The summed E-state index contributed by atoms with van der Waals surface area (Å²) in [5.74, 6) is 1.78. The van der Waals surface area contributed by atoms with Gasteiger partial charge in [-0.15, -0.1) is 0 Å². The van der Waals surface area contributed by atoms with Crippen molar-refractivity contribution in [2.24, 2.45) is 0 Å². The fourth-order valence-electron chi connectivity index (χ4n) is 9.56. The van der Waals surface area contributed by atoms with Gasteiger partial charge in [0.25, 0.3) is 0 Å². The molecule has 4 aromatic carbocycles. The van der Waals surface area contributed by atoms with Gasteiger partial charge in [0, 0.05) is 0 Å². The molecule has 0 amide bonds. The molecule has 0 aliphatic heterocycles. The maximum absolute atomic E-state index is 12.7. The van der Waals surface area contributed by atoms with Crippen molar-refractivity contribution in [1.29, 1.82) is 0 Å². The van der Waals surface area contributed by atoms with Gasteiger partial charge in [-0.3, -0.25) is 0 Å². The van der Waals surface area contributed by atoms with E-state index in [-0.39, 0.29) is 0 Å². The minimum Gasteiger partial charge on any atom is -0.494 e. The molecule has 0 aliphatic carbocycles. The molecule has 69 heavy (non-hydrogen) atoms. The van der Waals surface area contributed by atoms with Crippen molar-refractivity contribution in [3.05, 3.63) is 124 Å². The number of carboxylic acids is 1. The number of benzene rings is 4. The molecule has 4 aromatic rings. The molecule has 0 heterocycles. The highest BCUT2D eigenvalue weighted by Crippen LogP contribution is 2.29. The van der Waals surface area contributed by atoms with Gasteiger partial charge in [-0.25, -0.2) is 4.79 Å². The number of ether oxygens (including phenoxy) is 3. The second-order valence-corrected chi connectivity index (χ2v) is 20.1. The molecule has 0 fully saturated rings. The summed E-state index contributed by atoms with van der Waals surface area (Å²) in [6.45, 7) is 9.04. The van der Waals surface area contributed by atoms with Crippen LogP contribution in [0.5, 0.6) is 17.2 Å². The zero-order valence-electron chi connectivity index (χ0n) is 44.1. The van der Waals surface area contributed by atoms with Gasteiger partial charge in [-0.2, -0.15) is 0 Å². The molecule has 0 saturated heterocycles. The summed E-state index contributed by atoms with van der Waals surface area (Å²) in [7, 11) is 0. The van der Waals surface area contributed by atoms with Crippen LogP contribution in [0.2, 0.25) is 0 Å². The van der Waals surface area contributed by atoms with Crippen molar-refractivity contribution in [3.8, 4) is 17.2 Å². The van der Waals surface area contributed by atoms with Gasteiger partial charge in [0.2, 0.25) is 0 Å². The van der Waals surface area contributed by atoms with E-state index < -0.39 is 5.97 Å². The largest absolute Gasteiger partial charge is 0.494 e. The summed E-state index contributed by atoms with van der Waals surface area (Å²) in [6, 6.07) is 29.2. The third kappa shape index (κ3) is 26.0. The molecule has 0 aromatic heterocycles. The zero-order valence-corrected chi connectivity index (χ0v) is 44.1. The number of rotatable bonds is 43. The average Bonchev–Trinajstić information content (AvgIpc) is 3.36. The van der Waals surface area contributed by atoms with Crippen LogP contribution in [-0.4, -0.2) is 30.9 Å². The summed E-state index contributed by atoms with van der Waals surface area (Å²) in [5, 5.41) is 10.4.